The molecule has 0 saturated carbocycles. The molecule has 0 aromatic heterocycles. The van der Waals surface area contributed by atoms with Gasteiger partial charge < -0.3 is 81.8 Å². The Hall–Kier alpha value is -0.840. The number of likely N-dealkylation sites (N-methyl/N-ethyl adjacent to an activating group) is 1. The minimum atomic E-state index is -0.0760. The second kappa shape index (κ2) is 42.1. The Morgan fingerprint density at radius 1 is 0.411 bits per heavy atom. The molecule has 0 aliphatic carbocycles. The third-order valence-corrected chi connectivity index (χ3v) is 17.8. The average molecular weight is 1280 g/mol. The van der Waals surface area contributed by atoms with Crippen LogP contribution in [0.3, 0.4) is 0 Å². The number of nitrogens with one attached hydrogen (secondary N) is 8. The zero-order valence-electron chi connectivity index (χ0n) is 63.7. The highest BCUT2D eigenvalue weighted by Crippen LogP contribution is 2.17. The molecule has 7 fully saturated rings. The van der Waals surface area contributed by atoms with Crippen molar-refractivity contribution in [3.63, 3.8) is 0 Å². The summed E-state index contributed by atoms with van der Waals surface area (Å²) in [6.07, 6.45) is 4.52. The second-order valence-corrected chi connectivity index (χ2v) is 33.8. The van der Waals surface area contributed by atoms with Gasteiger partial charge in [0, 0.05) is 257 Å². The fourth-order valence-electron chi connectivity index (χ4n) is 13.2. The third-order valence-electron chi connectivity index (χ3n) is 17.8. The Bertz CT molecular complexity index is 1800. The summed E-state index contributed by atoms with van der Waals surface area (Å²) in [6.45, 7) is 79.4. The maximum Gasteiger partial charge on any atom is 0.0252 e. The van der Waals surface area contributed by atoms with E-state index >= 15 is 0 Å². The molecule has 21 nitrogen and oxygen atoms in total. The molecule has 0 spiro atoms. The van der Waals surface area contributed by atoms with Gasteiger partial charge in [0.1, 0.15) is 0 Å². The van der Waals surface area contributed by atoms with Crippen LogP contribution in [-0.4, -0.2) is 305 Å². The van der Waals surface area contributed by atoms with E-state index in [1.807, 2.05) is 7.05 Å². The van der Waals surface area contributed by atoms with E-state index < -0.39 is 0 Å². The van der Waals surface area contributed by atoms with Crippen molar-refractivity contribution in [1.82, 2.24) is 76.8 Å². The minimum absolute atomic E-state index is 0.0760. The van der Waals surface area contributed by atoms with Gasteiger partial charge in [0.15, 0.2) is 0 Å². The Balaban J connectivity index is 0.000000525. The quantitative estimate of drug-likeness (QED) is 0.0884. The van der Waals surface area contributed by atoms with Crippen LogP contribution in [-0.2, 0) is 0 Å². The van der Waals surface area contributed by atoms with Crippen molar-refractivity contribution in [3.05, 3.63) is 0 Å². The molecular formula is C69H159N21. The van der Waals surface area contributed by atoms with E-state index in [0.717, 1.165) is 189 Å². The second-order valence-electron chi connectivity index (χ2n) is 33.8. The summed E-state index contributed by atoms with van der Waals surface area (Å²) in [4.78, 5) is 17.3. The van der Waals surface area contributed by atoms with Crippen molar-refractivity contribution in [3.8, 4) is 0 Å². The first-order valence-corrected chi connectivity index (χ1v) is 36.0. The van der Waals surface area contributed by atoms with Crippen LogP contribution in [0.15, 0.2) is 0 Å². The van der Waals surface area contributed by atoms with Crippen LogP contribution in [0.25, 0.3) is 0 Å². The standard InChI is InChI=1S/C11H25N3.4C10H23N3.2C9H21N3/c1-4-5-10(12)8-14-7-6-13-11(2,3)9-14;1-9(2,11)7-13-6-5-12-10(3,4)8-13;1-8(11)9(2)13-6-5-12-10(3,4)7-13;1-9(11)4-6-13-7-5-12-10(2,3)8-13;1-4-9(11)7-13-6-5-12-10(2,3)8-13;1-9(2)8-12(6-4-10-3)7-5-11-9;1-8(10)6-12-5-4-11-9(2,3)7-12/h10,13H,4-9,12H2,1-3H3;12H,5-8,11H2,1-4H3;8-9,12H,5-7,11H2,1-4H3;2*9,12H,4-8,11H2,1-3H3;10-11H,4-8H2,1-3H3;8,11H,4-7,10H2,1-3H3. The van der Waals surface area contributed by atoms with Gasteiger partial charge in [0.25, 0.3) is 0 Å². The lowest BCUT2D eigenvalue weighted by molar-refractivity contribution is 0.106. The first kappa shape index (κ1) is 87.2. The van der Waals surface area contributed by atoms with E-state index in [0.29, 0.717) is 35.7 Å². The molecule has 6 unspecified atom stereocenters. The molecule has 21 heteroatoms. The Labute approximate surface area is 557 Å². The summed E-state index contributed by atoms with van der Waals surface area (Å²) in [5, 5.41) is 27.7. The highest BCUT2D eigenvalue weighted by atomic mass is 15.3. The number of nitrogens with two attached hydrogens (primary N) is 6. The van der Waals surface area contributed by atoms with Gasteiger partial charge in [-0.05, 0) is 171 Å². The van der Waals surface area contributed by atoms with Gasteiger partial charge in [-0.1, -0.05) is 20.3 Å². The highest BCUT2D eigenvalue weighted by molar-refractivity contribution is 4.94. The minimum Gasteiger partial charge on any atom is -0.328 e. The molecule has 0 aromatic carbocycles. The molecule has 7 heterocycles. The largest absolute Gasteiger partial charge is 0.328 e. The Morgan fingerprint density at radius 3 is 1.06 bits per heavy atom. The van der Waals surface area contributed by atoms with Crippen molar-refractivity contribution < 1.29 is 0 Å². The summed E-state index contributed by atoms with van der Waals surface area (Å²) in [6, 6.07) is 2.06. The molecule has 0 aromatic rings. The van der Waals surface area contributed by atoms with Crippen LogP contribution in [0.1, 0.15) is 178 Å². The molecule has 6 atom stereocenters. The fourth-order valence-corrected chi connectivity index (χ4v) is 13.2. The predicted octanol–water partition coefficient (Wildman–Crippen LogP) is 2.33. The van der Waals surface area contributed by atoms with Crippen LogP contribution in [0.4, 0.5) is 0 Å². The first-order chi connectivity index (χ1) is 41.4. The average Bonchev–Trinajstić information content (AvgIpc) is 2.65. The fraction of sp³-hybridized carbons (Fsp3) is 1.00. The van der Waals surface area contributed by atoms with Crippen molar-refractivity contribution >= 4 is 0 Å². The van der Waals surface area contributed by atoms with E-state index in [1.54, 1.807) is 0 Å². The summed E-state index contributed by atoms with van der Waals surface area (Å²) in [5.41, 5.74) is 37.1. The van der Waals surface area contributed by atoms with Gasteiger partial charge in [-0.3, -0.25) is 29.4 Å². The zero-order chi connectivity index (χ0) is 68.8. The van der Waals surface area contributed by atoms with Crippen molar-refractivity contribution in [2.24, 2.45) is 34.4 Å². The molecule has 7 aliphatic heterocycles. The van der Waals surface area contributed by atoms with Crippen molar-refractivity contribution in [2.75, 3.05) is 190 Å². The summed E-state index contributed by atoms with van der Waals surface area (Å²) in [5.74, 6) is 0. The number of nitrogens with zero attached hydrogens (tertiary/aromatic N) is 7. The Morgan fingerprint density at radius 2 is 0.733 bits per heavy atom. The molecule has 540 valence electrons. The maximum absolute atomic E-state index is 6.04. The molecule has 7 aliphatic rings. The van der Waals surface area contributed by atoms with E-state index in [4.69, 9.17) is 34.4 Å². The van der Waals surface area contributed by atoms with E-state index in [-0.39, 0.29) is 44.8 Å². The van der Waals surface area contributed by atoms with Gasteiger partial charge in [0.05, 0.1) is 0 Å². The molecule has 0 amide bonds. The van der Waals surface area contributed by atoms with Crippen LogP contribution in [0, 0.1) is 0 Å². The maximum atomic E-state index is 6.04. The molecular weight excluding hydrogens is 1120 g/mol. The van der Waals surface area contributed by atoms with Crippen LogP contribution in [0.5, 0.6) is 0 Å². The van der Waals surface area contributed by atoms with E-state index in [9.17, 15) is 0 Å². The summed E-state index contributed by atoms with van der Waals surface area (Å²) in [7, 11) is 2.01. The van der Waals surface area contributed by atoms with Gasteiger partial charge in [-0.25, -0.2) is 0 Å². The number of hydrogen-bond acceptors (Lipinski definition) is 21. The van der Waals surface area contributed by atoms with Gasteiger partial charge in [-0.2, -0.15) is 0 Å². The molecule has 0 radical (unpaired) electrons. The summed E-state index contributed by atoms with van der Waals surface area (Å²) >= 11 is 0. The van der Waals surface area contributed by atoms with E-state index in [1.165, 1.54) is 19.5 Å². The molecule has 20 N–H and O–H groups in total. The first-order valence-electron chi connectivity index (χ1n) is 36.0. The highest BCUT2D eigenvalue weighted by Gasteiger charge is 2.33. The van der Waals surface area contributed by atoms with Gasteiger partial charge in [0.2, 0.25) is 0 Å². The van der Waals surface area contributed by atoms with Crippen LogP contribution in [0.2, 0.25) is 0 Å². The Kier molecular flexibility index (Phi) is 40.8. The lowest BCUT2D eigenvalue weighted by Gasteiger charge is -2.43. The number of piperazine rings is 7. The lowest BCUT2D eigenvalue weighted by Crippen LogP contribution is -2.61. The zero-order valence-corrected chi connectivity index (χ0v) is 63.7. The SMILES string of the molecule is CC(C)(N)CN1CCNC(C)(C)C1.CC(N)C(C)N1CCNC(C)(C)C1.CC(N)CCN1CCNC(C)(C)C1.CC(N)CN1CCNC(C)(C)C1.CCC(N)CN1CCNC(C)(C)C1.CCCC(N)CN1CCNC(C)(C)C1.CNCCN1CCNC(C)(C)C1. The monoisotopic (exact) mass is 1280 g/mol. The smallest absolute Gasteiger partial charge is 0.0252 e. The number of rotatable bonds is 19. The normalized spacial score (nSPS) is 25.8. The van der Waals surface area contributed by atoms with Gasteiger partial charge >= 0.3 is 0 Å². The van der Waals surface area contributed by atoms with Crippen molar-refractivity contribution in [2.45, 2.75) is 259 Å². The molecule has 7 saturated heterocycles. The summed E-state index contributed by atoms with van der Waals surface area (Å²) < 4.78 is 0. The van der Waals surface area contributed by atoms with Crippen LogP contribution < -0.4 is 76.9 Å². The van der Waals surface area contributed by atoms with Crippen LogP contribution >= 0.6 is 0 Å². The third kappa shape index (κ3) is 43.4. The molecule has 7 rings (SSSR count). The molecule has 90 heavy (non-hydrogen) atoms. The topological polar surface area (TPSA) is 275 Å². The van der Waals surface area contributed by atoms with Gasteiger partial charge in [-0.15, -0.1) is 0 Å². The van der Waals surface area contributed by atoms with E-state index in [2.05, 4.69) is 229 Å². The lowest BCUT2D eigenvalue weighted by atomic mass is 9.99. The van der Waals surface area contributed by atoms with Crippen molar-refractivity contribution in [1.29, 1.82) is 0 Å². The number of hydrogen-bond donors (Lipinski definition) is 14. The predicted molar refractivity (Wildman–Crippen MR) is 393 cm³/mol. The molecule has 0 bridgehead atoms.